The number of methoxy groups -OCH3 is 3. The van der Waals surface area contributed by atoms with Gasteiger partial charge in [0.25, 0.3) is 0 Å². The maximum Gasteiger partial charge on any atom is 0.338 e. The molecule has 0 radical (unpaired) electrons. The Hall–Kier alpha value is -3.96. The molecule has 2 fully saturated rings. The van der Waals surface area contributed by atoms with Gasteiger partial charge in [0.1, 0.15) is 18.0 Å². The molecule has 1 saturated heterocycles. The molecule has 4 N–H and O–H groups in total. The van der Waals surface area contributed by atoms with Crippen LogP contribution >= 0.6 is 0 Å². The Morgan fingerprint density at radius 2 is 1.78 bits per heavy atom. The van der Waals surface area contributed by atoms with Crippen LogP contribution in [0, 0.1) is 17.8 Å². The number of aromatic nitrogens is 1. The van der Waals surface area contributed by atoms with Gasteiger partial charge in [-0.1, -0.05) is 0 Å². The fraction of sp³-hybridized carbons (Fsp3) is 0.467. The SMILES string of the molecule is COC(=O)[C@H]1[C@H]2C[C@H]3c4[nH]c5cc(OC)ccc5c4CCN3C[C@H]2C[C@@H](OC(=O)c2cc(O)c(O)c(O)c2)[C@@H]1OC. The molecule has 2 aliphatic heterocycles. The second kappa shape index (κ2) is 10.5. The predicted molar refractivity (Wildman–Crippen MR) is 146 cm³/mol. The minimum atomic E-state index is -0.811. The lowest BCUT2D eigenvalue weighted by atomic mass is 9.63. The second-order valence-electron chi connectivity index (χ2n) is 11.1. The monoisotopic (exact) mass is 566 g/mol. The van der Waals surface area contributed by atoms with Crippen molar-refractivity contribution in [1.29, 1.82) is 0 Å². The number of aromatic amines is 1. The Labute approximate surface area is 236 Å². The number of phenolic OH excluding ortho intramolecular Hbond substituents is 3. The number of ether oxygens (including phenoxy) is 4. The van der Waals surface area contributed by atoms with Crippen LogP contribution in [0.15, 0.2) is 30.3 Å². The van der Waals surface area contributed by atoms with E-state index in [4.69, 9.17) is 18.9 Å². The molecule has 0 bridgehead atoms. The Kier molecular flexibility index (Phi) is 6.95. The number of carbonyl (C=O) groups is 2. The van der Waals surface area contributed by atoms with Gasteiger partial charge in [-0.25, -0.2) is 4.79 Å². The molecule has 11 heteroatoms. The number of nitrogens with zero attached hydrogens (tertiary/aromatic N) is 1. The van der Waals surface area contributed by atoms with Crippen LogP contribution in [-0.4, -0.2) is 83.8 Å². The second-order valence-corrected chi connectivity index (χ2v) is 11.1. The number of benzene rings is 2. The van der Waals surface area contributed by atoms with Gasteiger partial charge >= 0.3 is 11.9 Å². The minimum Gasteiger partial charge on any atom is -0.504 e. The van der Waals surface area contributed by atoms with Gasteiger partial charge in [0, 0.05) is 42.9 Å². The summed E-state index contributed by atoms with van der Waals surface area (Å²) in [6, 6.07) is 8.21. The topological polar surface area (TPSA) is 151 Å². The molecular formula is C30H34N2O9. The zero-order chi connectivity index (χ0) is 29.0. The van der Waals surface area contributed by atoms with Crippen molar-refractivity contribution in [2.75, 3.05) is 34.4 Å². The molecule has 1 saturated carbocycles. The molecule has 0 unspecified atom stereocenters. The molecular weight excluding hydrogens is 532 g/mol. The molecule has 11 nitrogen and oxygen atoms in total. The first kappa shape index (κ1) is 27.2. The molecule has 0 amide bonds. The highest BCUT2D eigenvalue weighted by atomic mass is 16.6. The van der Waals surface area contributed by atoms with E-state index in [0.29, 0.717) is 19.4 Å². The van der Waals surface area contributed by atoms with E-state index in [0.717, 1.165) is 42.1 Å². The molecule has 2 aromatic carbocycles. The van der Waals surface area contributed by atoms with Crippen molar-refractivity contribution in [3.8, 4) is 23.0 Å². The van der Waals surface area contributed by atoms with Crippen molar-refractivity contribution in [2.24, 2.45) is 17.8 Å². The van der Waals surface area contributed by atoms with Crippen molar-refractivity contribution < 1.29 is 43.9 Å². The van der Waals surface area contributed by atoms with Crippen LogP contribution in [0.1, 0.15) is 40.5 Å². The van der Waals surface area contributed by atoms with Gasteiger partial charge in [-0.05, 0) is 60.9 Å². The van der Waals surface area contributed by atoms with E-state index < -0.39 is 47.3 Å². The summed E-state index contributed by atoms with van der Waals surface area (Å²) >= 11 is 0. The molecule has 6 rings (SSSR count). The summed E-state index contributed by atoms with van der Waals surface area (Å²) < 4.78 is 22.3. The first-order valence-electron chi connectivity index (χ1n) is 13.7. The number of fused-ring (bicyclic) bond motifs is 6. The van der Waals surface area contributed by atoms with Crippen LogP contribution in [0.2, 0.25) is 0 Å². The summed E-state index contributed by atoms with van der Waals surface area (Å²) in [6.45, 7) is 1.58. The number of H-pyrrole nitrogens is 1. The van der Waals surface area contributed by atoms with Crippen LogP contribution in [0.5, 0.6) is 23.0 Å². The average molecular weight is 567 g/mol. The molecule has 41 heavy (non-hydrogen) atoms. The van der Waals surface area contributed by atoms with Gasteiger partial charge < -0.3 is 39.3 Å². The number of rotatable bonds is 5. The largest absolute Gasteiger partial charge is 0.504 e. The quantitative estimate of drug-likeness (QED) is 0.268. The molecule has 1 aliphatic carbocycles. The number of hydrogen-bond donors (Lipinski definition) is 4. The lowest BCUT2D eigenvalue weighted by Gasteiger charge is -2.52. The maximum absolute atomic E-state index is 13.3. The molecule has 1 aromatic heterocycles. The molecule has 6 atom stereocenters. The van der Waals surface area contributed by atoms with Gasteiger partial charge in [0.15, 0.2) is 17.2 Å². The number of phenols is 3. The normalized spacial score (nSPS) is 27.4. The maximum atomic E-state index is 13.3. The molecule has 3 heterocycles. The number of piperidine rings is 1. The summed E-state index contributed by atoms with van der Waals surface area (Å²) in [6.07, 6.45) is 0.546. The van der Waals surface area contributed by atoms with E-state index in [-0.39, 0.29) is 23.4 Å². The Morgan fingerprint density at radius 3 is 2.46 bits per heavy atom. The van der Waals surface area contributed by atoms with E-state index in [1.807, 2.05) is 12.1 Å². The van der Waals surface area contributed by atoms with Gasteiger partial charge in [0.2, 0.25) is 0 Å². The Morgan fingerprint density at radius 1 is 1.02 bits per heavy atom. The van der Waals surface area contributed by atoms with E-state index in [1.165, 1.54) is 25.2 Å². The lowest BCUT2D eigenvalue weighted by Crippen LogP contribution is -2.58. The lowest BCUT2D eigenvalue weighted by molar-refractivity contribution is -0.176. The third-order valence-electron chi connectivity index (χ3n) is 9.17. The van der Waals surface area contributed by atoms with Crippen molar-refractivity contribution >= 4 is 22.8 Å². The van der Waals surface area contributed by atoms with Gasteiger partial charge in [-0.2, -0.15) is 0 Å². The van der Waals surface area contributed by atoms with E-state index >= 15 is 0 Å². The van der Waals surface area contributed by atoms with E-state index in [1.54, 1.807) is 7.11 Å². The molecule has 3 aromatic rings. The van der Waals surface area contributed by atoms with Gasteiger partial charge in [-0.3, -0.25) is 9.69 Å². The minimum absolute atomic E-state index is 0.0344. The smallest absolute Gasteiger partial charge is 0.338 e. The van der Waals surface area contributed by atoms with Crippen molar-refractivity contribution in [1.82, 2.24) is 9.88 Å². The zero-order valence-electron chi connectivity index (χ0n) is 23.1. The van der Waals surface area contributed by atoms with Crippen molar-refractivity contribution in [2.45, 2.75) is 37.5 Å². The van der Waals surface area contributed by atoms with Gasteiger partial charge in [0.05, 0.1) is 31.7 Å². The number of nitrogens with one attached hydrogen (secondary N) is 1. The average Bonchev–Trinajstić information content (AvgIpc) is 3.35. The summed E-state index contributed by atoms with van der Waals surface area (Å²) in [4.78, 5) is 32.4. The van der Waals surface area contributed by atoms with Crippen molar-refractivity contribution in [3.05, 3.63) is 47.2 Å². The zero-order valence-corrected chi connectivity index (χ0v) is 23.1. The number of esters is 2. The summed E-state index contributed by atoms with van der Waals surface area (Å²) in [5.74, 6) is -3.16. The molecule has 218 valence electrons. The van der Waals surface area contributed by atoms with Crippen LogP contribution in [-0.2, 0) is 25.4 Å². The fourth-order valence-electron chi connectivity index (χ4n) is 7.29. The third kappa shape index (κ3) is 4.53. The highest BCUT2D eigenvalue weighted by Gasteiger charge is 2.54. The van der Waals surface area contributed by atoms with Crippen LogP contribution in [0.25, 0.3) is 10.9 Å². The Bertz CT molecular complexity index is 1480. The van der Waals surface area contributed by atoms with Crippen LogP contribution in [0.3, 0.4) is 0 Å². The first-order chi connectivity index (χ1) is 19.7. The summed E-state index contributed by atoms with van der Waals surface area (Å²) in [5, 5.41) is 30.6. The fourth-order valence-corrected chi connectivity index (χ4v) is 7.29. The van der Waals surface area contributed by atoms with Gasteiger partial charge in [-0.15, -0.1) is 0 Å². The van der Waals surface area contributed by atoms with Crippen molar-refractivity contribution in [3.63, 3.8) is 0 Å². The Balaban J connectivity index is 1.30. The first-order valence-corrected chi connectivity index (χ1v) is 13.7. The molecule has 3 aliphatic rings. The van der Waals surface area contributed by atoms with E-state index in [2.05, 4.69) is 16.0 Å². The molecule has 0 spiro atoms. The highest BCUT2D eigenvalue weighted by molar-refractivity contribution is 5.91. The number of aromatic hydroxyl groups is 3. The highest BCUT2D eigenvalue weighted by Crippen LogP contribution is 2.50. The predicted octanol–water partition coefficient (Wildman–Crippen LogP) is 3.26. The standard InChI is InChI=1S/C30H34N2O9/c1-38-16-4-5-17-18-6-7-32-13-15-10-24(41-29(36)14-8-22(33)27(35)23(34)9-14)28(39-2)25(30(37)40-3)19(15)12-21(32)26(18)31-20(17)11-16/h4-5,8-9,11,15,19,21,24-25,28,31,33-35H,6-7,10,12-13H2,1-3H3/t15-,19+,21+,24-,25+,28+/m1/s1. The number of hydrogen-bond acceptors (Lipinski definition) is 10. The van der Waals surface area contributed by atoms with E-state index in [9.17, 15) is 24.9 Å². The summed E-state index contributed by atoms with van der Waals surface area (Å²) in [5.41, 5.74) is 3.35. The summed E-state index contributed by atoms with van der Waals surface area (Å²) in [7, 11) is 4.48. The van der Waals surface area contributed by atoms with Crippen LogP contribution in [0.4, 0.5) is 0 Å². The number of carbonyl (C=O) groups excluding carboxylic acids is 2. The third-order valence-corrected chi connectivity index (χ3v) is 9.17. The van der Waals surface area contributed by atoms with Crippen LogP contribution < -0.4 is 4.74 Å².